The lowest BCUT2D eigenvalue weighted by Crippen LogP contribution is -2.08. The van der Waals surface area contributed by atoms with Gasteiger partial charge in [-0.15, -0.1) is 0 Å². The maximum Gasteiger partial charge on any atom is 0.419 e. The summed E-state index contributed by atoms with van der Waals surface area (Å²) in [6, 6.07) is 1.74. The van der Waals surface area contributed by atoms with Gasteiger partial charge in [0.1, 0.15) is 10.8 Å². The lowest BCUT2D eigenvalue weighted by Gasteiger charge is -2.08. The van der Waals surface area contributed by atoms with Crippen molar-refractivity contribution in [3.63, 3.8) is 0 Å². The van der Waals surface area contributed by atoms with Crippen molar-refractivity contribution in [2.24, 2.45) is 0 Å². The minimum atomic E-state index is -4.54. The molecule has 0 aliphatic carbocycles. The largest absolute Gasteiger partial charge is 0.419 e. The first-order chi connectivity index (χ1) is 6.32. The van der Waals surface area contributed by atoms with Crippen LogP contribution in [0.4, 0.5) is 13.2 Å². The molecule has 0 aliphatic rings. The minimum absolute atomic E-state index is 0.0806. The van der Waals surface area contributed by atoms with Crippen molar-refractivity contribution < 1.29 is 18.0 Å². The van der Waals surface area contributed by atoms with Gasteiger partial charge in [0, 0.05) is 6.92 Å². The number of halogens is 4. The Hall–Kier alpha value is -1.10. The van der Waals surface area contributed by atoms with Gasteiger partial charge in [0.2, 0.25) is 0 Å². The second-order valence-electron chi connectivity index (χ2n) is 2.59. The second-order valence-corrected chi connectivity index (χ2v) is 2.95. The second kappa shape index (κ2) is 3.57. The fourth-order valence-corrected chi connectivity index (χ4v) is 1.10. The molecule has 2 nitrogen and oxygen atoms in total. The molecule has 6 heteroatoms. The third-order valence-electron chi connectivity index (χ3n) is 1.51. The zero-order chi connectivity index (χ0) is 10.9. The Morgan fingerprint density at radius 3 is 2.36 bits per heavy atom. The molecular weight excluding hydrogens is 219 g/mol. The van der Waals surface area contributed by atoms with Gasteiger partial charge in [0.15, 0.2) is 5.78 Å². The van der Waals surface area contributed by atoms with Crippen molar-refractivity contribution in [3.8, 4) is 0 Å². The number of carbonyl (C=O) groups is 1. The molecule has 0 bridgehead atoms. The first kappa shape index (κ1) is 11.0. The standard InChI is InChI=1S/C8H5ClF3NO/c1-4(14)6-3-2-5(7(9)13-6)8(10,11)12/h2-3H,1H3. The molecule has 0 N–H and O–H groups in total. The van der Waals surface area contributed by atoms with Crippen LogP contribution in [0.3, 0.4) is 0 Å². The molecule has 14 heavy (non-hydrogen) atoms. The fraction of sp³-hybridized carbons (Fsp3) is 0.250. The highest BCUT2D eigenvalue weighted by Gasteiger charge is 2.34. The van der Waals surface area contributed by atoms with Crippen LogP contribution in [0.25, 0.3) is 0 Å². The normalized spacial score (nSPS) is 11.5. The Labute approximate surface area is 82.7 Å². The molecule has 1 aromatic heterocycles. The Morgan fingerprint density at radius 2 is 2.00 bits per heavy atom. The summed E-state index contributed by atoms with van der Waals surface area (Å²) in [7, 11) is 0. The van der Waals surface area contributed by atoms with Gasteiger partial charge in [0.05, 0.1) is 5.56 Å². The van der Waals surface area contributed by atoms with Gasteiger partial charge >= 0.3 is 6.18 Å². The fourth-order valence-electron chi connectivity index (χ4n) is 0.842. The number of pyridine rings is 1. The van der Waals surface area contributed by atoms with Crippen molar-refractivity contribution in [2.45, 2.75) is 13.1 Å². The van der Waals surface area contributed by atoms with Crippen molar-refractivity contribution in [2.75, 3.05) is 0 Å². The van der Waals surface area contributed by atoms with Crippen molar-refractivity contribution in [1.82, 2.24) is 4.98 Å². The van der Waals surface area contributed by atoms with Crippen molar-refractivity contribution in [1.29, 1.82) is 0 Å². The van der Waals surface area contributed by atoms with E-state index in [4.69, 9.17) is 11.6 Å². The molecule has 1 rings (SSSR count). The quantitative estimate of drug-likeness (QED) is 0.541. The molecule has 0 saturated carbocycles. The summed E-state index contributed by atoms with van der Waals surface area (Å²) in [5, 5.41) is -0.704. The Kier molecular flexibility index (Phi) is 2.80. The molecule has 0 amide bonds. The van der Waals surface area contributed by atoms with Crippen LogP contribution >= 0.6 is 11.6 Å². The molecule has 0 spiro atoms. The molecule has 0 radical (unpaired) electrons. The van der Waals surface area contributed by atoms with Crippen LogP contribution in [0.1, 0.15) is 23.0 Å². The highest BCUT2D eigenvalue weighted by Crippen LogP contribution is 2.33. The molecule has 0 unspecified atom stereocenters. The van der Waals surface area contributed by atoms with Gasteiger partial charge in [-0.25, -0.2) is 4.98 Å². The Bertz CT molecular complexity index is 375. The van der Waals surface area contributed by atoms with E-state index in [9.17, 15) is 18.0 Å². The van der Waals surface area contributed by atoms with E-state index in [2.05, 4.69) is 4.98 Å². The van der Waals surface area contributed by atoms with E-state index in [1.165, 1.54) is 6.92 Å². The lowest BCUT2D eigenvalue weighted by molar-refractivity contribution is -0.137. The number of alkyl halides is 3. The topological polar surface area (TPSA) is 30.0 Å². The summed E-state index contributed by atoms with van der Waals surface area (Å²) in [5.41, 5.74) is -1.12. The van der Waals surface area contributed by atoms with Gasteiger partial charge in [0.25, 0.3) is 0 Å². The van der Waals surface area contributed by atoms with Gasteiger partial charge in [-0.2, -0.15) is 13.2 Å². The summed E-state index contributed by atoms with van der Waals surface area (Å²) in [6.07, 6.45) is -4.54. The number of carbonyl (C=O) groups excluding carboxylic acids is 1. The lowest BCUT2D eigenvalue weighted by atomic mass is 10.2. The number of Topliss-reactive ketones (excluding diaryl/α,β-unsaturated/α-hetero) is 1. The van der Waals surface area contributed by atoms with E-state index in [-0.39, 0.29) is 5.69 Å². The first-order valence-corrected chi connectivity index (χ1v) is 3.95. The minimum Gasteiger partial charge on any atom is -0.293 e. The van der Waals surface area contributed by atoms with Crippen molar-refractivity contribution in [3.05, 3.63) is 28.5 Å². The van der Waals surface area contributed by atoms with Crippen LogP contribution < -0.4 is 0 Å². The monoisotopic (exact) mass is 223 g/mol. The average molecular weight is 224 g/mol. The molecule has 1 heterocycles. The van der Waals surface area contributed by atoms with Crippen LogP contribution in [0, 0.1) is 0 Å². The third kappa shape index (κ3) is 2.23. The van der Waals surface area contributed by atoms with E-state index in [0.29, 0.717) is 0 Å². The number of nitrogens with zero attached hydrogens (tertiary/aromatic N) is 1. The Morgan fingerprint density at radius 1 is 1.43 bits per heavy atom. The molecule has 0 fully saturated rings. The number of rotatable bonds is 1. The van der Waals surface area contributed by atoms with Crippen LogP contribution in [0.2, 0.25) is 5.15 Å². The third-order valence-corrected chi connectivity index (χ3v) is 1.80. The molecule has 1 aromatic rings. The number of ketones is 1. The van der Waals surface area contributed by atoms with Gasteiger partial charge in [-0.3, -0.25) is 4.79 Å². The van der Waals surface area contributed by atoms with Crippen molar-refractivity contribution >= 4 is 17.4 Å². The highest BCUT2D eigenvalue weighted by atomic mass is 35.5. The maximum absolute atomic E-state index is 12.2. The maximum atomic E-state index is 12.2. The van der Waals surface area contributed by atoms with Crippen LogP contribution in [-0.4, -0.2) is 10.8 Å². The van der Waals surface area contributed by atoms with Gasteiger partial charge in [-0.1, -0.05) is 11.6 Å². The van der Waals surface area contributed by atoms with E-state index < -0.39 is 22.7 Å². The van der Waals surface area contributed by atoms with E-state index in [1.54, 1.807) is 0 Å². The van der Waals surface area contributed by atoms with Gasteiger partial charge < -0.3 is 0 Å². The smallest absolute Gasteiger partial charge is 0.293 e. The van der Waals surface area contributed by atoms with Crippen LogP contribution in [-0.2, 0) is 6.18 Å². The number of aromatic nitrogens is 1. The predicted molar refractivity (Wildman–Crippen MR) is 44.3 cm³/mol. The van der Waals surface area contributed by atoms with E-state index in [1.807, 2.05) is 0 Å². The van der Waals surface area contributed by atoms with Crippen LogP contribution in [0.5, 0.6) is 0 Å². The SMILES string of the molecule is CC(=O)c1ccc(C(F)(F)F)c(Cl)n1. The Balaban J connectivity index is 3.21. The summed E-state index contributed by atoms with van der Waals surface area (Å²) < 4.78 is 36.5. The first-order valence-electron chi connectivity index (χ1n) is 3.57. The molecule has 76 valence electrons. The highest BCUT2D eigenvalue weighted by molar-refractivity contribution is 6.30. The van der Waals surface area contributed by atoms with Gasteiger partial charge in [-0.05, 0) is 12.1 Å². The zero-order valence-electron chi connectivity index (χ0n) is 7.02. The van der Waals surface area contributed by atoms with E-state index in [0.717, 1.165) is 12.1 Å². The zero-order valence-corrected chi connectivity index (χ0v) is 7.78. The molecule has 0 aromatic carbocycles. The number of hydrogen-bond acceptors (Lipinski definition) is 2. The predicted octanol–water partition coefficient (Wildman–Crippen LogP) is 2.96. The molecule has 0 aliphatic heterocycles. The molecular formula is C8H5ClF3NO. The van der Waals surface area contributed by atoms with Crippen LogP contribution in [0.15, 0.2) is 12.1 Å². The van der Waals surface area contributed by atoms with E-state index >= 15 is 0 Å². The summed E-state index contributed by atoms with van der Waals surface area (Å²) in [6.45, 7) is 1.20. The molecule has 0 saturated heterocycles. The number of hydrogen-bond donors (Lipinski definition) is 0. The molecule has 0 atom stereocenters. The average Bonchev–Trinajstić information content (AvgIpc) is 2.01. The summed E-state index contributed by atoms with van der Waals surface area (Å²) >= 11 is 5.27. The summed E-state index contributed by atoms with van der Waals surface area (Å²) in [5.74, 6) is -0.430. The summed E-state index contributed by atoms with van der Waals surface area (Å²) in [4.78, 5) is 14.1.